The summed E-state index contributed by atoms with van der Waals surface area (Å²) in [7, 11) is 0. The number of nitrogens with zero attached hydrogens (tertiary/aromatic N) is 1. The smallest absolute Gasteiger partial charge is 0.258 e. The van der Waals surface area contributed by atoms with E-state index in [1.807, 2.05) is 48.6 Å². The third-order valence-electron chi connectivity index (χ3n) is 2.58. The number of benzene rings is 2. The van der Waals surface area contributed by atoms with Crippen LogP contribution in [0.3, 0.4) is 0 Å². The van der Waals surface area contributed by atoms with Crippen LogP contribution in [0.2, 0.25) is 0 Å². The predicted molar refractivity (Wildman–Crippen MR) is 72.3 cm³/mol. The van der Waals surface area contributed by atoms with Crippen LogP contribution in [0.5, 0.6) is 0 Å². The highest BCUT2D eigenvalue weighted by Crippen LogP contribution is 2.14. The van der Waals surface area contributed by atoms with Crippen LogP contribution in [0.1, 0.15) is 11.1 Å². The lowest BCUT2D eigenvalue weighted by molar-refractivity contribution is -0.384. The summed E-state index contributed by atoms with van der Waals surface area (Å²) < 4.78 is 0. The molecule has 0 fully saturated rings. The van der Waals surface area contributed by atoms with Crippen LogP contribution in [0.25, 0.3) is 6.08 Å². The van der Waals surface area contributed by atoms with Crippen molar-refractivity contribution < 1.29 is 4.92 Å². The third kappa shape index (κ3) is 3.28. The molecule has 0 aliphatic rings. The van der Waals surface area contributed by atoms with Crippen LogP contribution in [0.4, 0.5) is 5.69 Å². The van der Waals surface area contributed by atoms with E-state index in [9.17, 15) is 10.1 Å². The second-order valence-corrected chi connectivity index (χ2v) is 3.94. The summed E-state index contributed by atoms with van der Waals surface area (Å²) in [5, 5.41) is 10.6. The molecule has 0 spiro atoms. The molecule has 2 rings (SSSR count). The number of rotatable bonds is 4. The zero-order valence-corrected chi connectivity index (χ0v) is 9.82. The first kappa shape index (κ1) is 12.0. The molecule has 0 bridgehead atoms. The van der Waals surface area contributed by atoms with Crippen molar-refractivity contribution in [2.24, 2.45) is 0 Å². The van der Waals surface area contributed by atoms with Gasteiger partial charge in [0.15, 0.2) is 0 Å². The monoisotopic (exact) mass is 239 g/mol. The van der Waals surface area contributed by atoms with Crippen LogP contribution in [0, 0.1) is 10.1 Å². The molecule has 0 saturated heterocycles. The Bertz CT molecular complexity index is 562. The second kappa shape index (κ2) is 5.77. The summed E-state index contributed by atoms with van der Waals surface area (Å²) in [5.41, 5.74) is 2.21. The maximum atomic E-state index is 10.6. The van der Waals surface area contributed by atoms with Crippen molar-refractivity contribution in [3.8, 4) is 0 Å². The molecule has 3 heteroatoms. The molecule has 0 amide bonds. The van der Waals surface area contributed by atoms with Gasteiger partial charge in [0.2, 0.25) is 0 Å². The summed E-state index contributed by atoms with van der Waals surface area (Å²) >= 11 is 0. The van der Waals surface area contributed by atoms with Crippen LogP contribution >= 0.6 is 0 Å². The van der Waals surface area contributed by atoms with Gasteiger partial charge in [-0.15, -0.1) is 0 Å². The van der Waals surface area contributed by atoms with Gasteiger partial charge in [0.25, 0.3) is 5.69 Å². The third-order valence-corrected chi connectivity index (χ3v) is 2.58. The molecule has 0 heterocycles. The van der Waals surface area contributed by atoms with E-state index >= 15 is 0 Å². The highest BCUT2D eigenvalue weighted by Gasteiger charge is 2.03. The zero-order valence-electron chi connectivity index (χ0n) is 9.82. The highest BCUT2D eigenvalue weighted by atomic mass is 16.6. The molecule has 2 aromatic carbocycles. The van der Waals surface area contributed by atoms with Gasteiger partial charge < -0.3 is 0 Å². The molecular weight excluding hydrogens is 226 g/mol. The fourth-order valence-electron chi connectivity index (χ4n) is 1.69. The van der Waals surface area contributed by atoms with Gasteiger partial charge in [-0.05, 0) is 17.5 Å². The van der Waals surface area contributed by atoms with E-state index in [2.05, 4.69) is 0 Å². The van der Waals surface area contributed by atoms with E-state index in [0.717, 1.165) is 11.1 Å². The van der Waals surface area contributed by atoms with E-state index < -0.39 is 0 Å². The molecular formula is C15H13NO2. The minimum absolute atomic E-state index is 0.139. The number of hydrogen-bond donors (Lipinski definition) is 0. The molecule has 0 N–H and O–H groups in total. The molecule has 0 aromatic heterocycles. The Morgan fingerprint density at radius 1 is 1.06 bits per heavy atom. The van der Waals surface area contributed by atoms with Crippen molar-refractivity contribution in [1.82, 2.24) is 0 Å². The van der Waals surface area contributed by atoms with Crippen molar-refractivity contribution >= 4 is 11.8 Å². The van der Waals surface area contributed by atoms with E-state index in [1.165, 1.54) is 6.07 Å². The summed E-state index contributed by atoms with van der Waals surface area (Å²) in [6, 6.07) is 16.7. The van der Waals surface area contributed by atoms with Gasteiger partial charge in [0.1, 0.15) is 0 Å². The first-order valence-electron chi connectivity index (χ1n) is 5.70. The van der Waals surface area contributed by atoms with E-state index in [-0.39, 0.29) is 10.6 Å². The van der Waals surface area contributed by atoms with Gasteiger partial charge in [0, 0.05) is 12.1 Å². The molecule has 90 valence electrons. The zero-order chi connectivity index (χ0) is 12.8. The molecule has 3 nitrogen and oxygen atoms in total. The normalized spacial score (nSPS) is 10.7. The van der Waals surface area contributed by atoms with Crippen LogP contribution in [0.15, 0.2) is 60.7 Å². The lowest BCUT2D eigenvalue weighted by atomic mass is 10.1. The molecule has 0 aliphatic heterocycles. The number of nitro groups is 1. The molecule has 18 heavy (non-hydrogen) atoms. The van der Waals surface area contributed by atoms with Crippen molar-refractivity contribution in [3.63, 3.8) is 0 Å². The lowest BCUT2D eigenvalue weighted by Gasteiger charge is -1.97. The fourth-order valence-corrected chi connectivity index (χ4v) is 1.69. The fraction of sp³-hybridized carbons (Fsp3) is 0.0667. The van der Waals surface area contributed by atoms with E-state index in [0.29, 0.717) is 6.42 Å². The van der Waals surface area contributed by atoms with Gasteiger partial charge >= 0.3 is 0 Å². The van der Waals surface area contributed by atoms with Crippen molar-refractivity contribution in [1.29, 1.82) is 0 Å². The summed E-state index contributed by atoms with van der Waals surface area (Å²) in [6.07, 6.45) is 4.71. The SMILES string of the molecule is O=[N+]([O-])c1cccc(C/C=C/c2ccccc2)c1. The van der Waals surface area contributed by atoms with Gasteiger partial charge in [-0.2, -0.15) is 0 Å². The maximum Gasteiger partial charge on any atom is 0.269 e. The Balaban J connectivity index is 2.04. The number of allylic oxidation sites excluding steroid dienone is 1. The number of non-ortho nitro benzene ring substituents is 1. The van der Waals surface area contributed by atoms with Crippen molar-refractivity contribution in [2.45, 2.75) is 6.42 Å². The minimum atomic E-state index is -0.371. The Labute approximate surface area is 106 Å². The van der Waals surface area contributed by atoms with Gasteiger partial charge in [0.05, 0.1) is 4.92 Å². The van der Waals surface area contributed by atoms with Crippen molar-refractivity contribution in [2.75, 3.05) is 0 Å². The van der Waals surface area contributed by atoms with Crippen molar-refractivity contribution in [3.05, 3.63) is 81.9 Å². The lowest BCUT2D eigenvalue weighted by Crippen LogP contribution is -1.89. The minimum Gasteiger partial charge on any atom is -0.258 e. The average molecular weight is 239 g/mol. The largest absolute Gasteiger partial charge is 0.269 e. The average Bonchev–Trinajstić information content (AvgIpc) is 2.40. The van der Waals surface area contributed by atoms with Gasteiger partial charge in [-0.3, -0.25) is 10.1 Å². The predicted octanol–water partition coefficient (Wildman–Crippen LogP) is 3.85. The topological polar surface area (TPSA) is 43.1 Å². The maximum absolute atomic E-state index is 10.6. The standard InChI is InChI=1S/C15H13NO2/c17-16(18)15-11-5-10-14(12-15)9-4-8-13-6-2-1-3-7-13/h1-8,10-12H,9H2/b8-4+. The quantitative estimate of drug-likeness (QED) is 0.600. The summed E-state index contributed by atoms with van der Waals surface area (Å²) in [4.78, 5) is 10.3. The number of nitro benzene ring substituents is 1. The molecule has 0 atom stereocenters. The van der Waals surface area contributed by atoms with Crippen LogP contribution in [-0.2, 0) is 6.42 Å². The molecule has 0 unspecified atom stereocenters. The molecule has 0 saturated carbocycles. The highest BCUT2D eigenvalue weighted by molar-refractivity contribution is 5.49. The first-order valence-corrected chi connectivity index (χ1v) is 5.70. The molecule has 0 radical (unpaired) electrons. The summed E-state index contributed by atoms with van der Waals surface area (Å²) in [6.45, 7) is 0. The van der Waals surface area contributed by atoms with E-state index in [4.69, 9.17) is 0 Å². The molecule has 2 aromatic rings. The second-order valence-electron chi connectivity index (χ2n) is 3.94. The number of hydrogen-bond acceptors (Lipinski definition) is 2. The Morgan fingerprint density at radius 3 is 2.56 bits per heavy atom. The Hall–Kier alpha value is -2.42. The van der Waals surface area contributed by atoms with Gasteiger partial charge in [-0.1, -0.05) is 54.6 Å². The summed E-state index contributed by atoms with van der Waals surface area (Å²) in [5.74, 6) is 0. The van der Waals surface area contributed by atoms with Crippen LogP contribution < -0.4 is 0 Å². The van der Waals surface area contributed by atoms with Gasteiger partial charge in [-0.25, -0.2) is 0 Å². The van der Waals surface area contributed by atoms with Crippen LogP contribution in [-0.4, -0.2) is 4.92 Å². The Kier molecular flexibility index (Phi) is 3.86. The van der Waals surface area contributed by atoms with E-state index in [1.54, 1.807) is 12.1 Å². The Morgan fingerprint density at radius 2 is 1.83 bits per heavy atom. The first-order chi connectivity index (χ1) is 8.75. The molecule has 0 aliphatic carbocycles.